The summed E-state index contributed by atoms with van der Waals surface area (Å²) in [5.74, 6) is 0.315. The van der Waals surface area contributed by atoms with Gasteiger partial charge in [0, 0.05) is 5.54 Å². The lowest BCUT2D eigenvalue weighted by Crippen LogP contribution is -2.49. The van der Waals surface area contributed by atoms with Crippen LogP contribution in [0.3, 0.4) is 0 Å². The van der Waals surface area contributed by atoms with Crippen LogP contribution in [-0.2, 0) is 0 Å². The first-order chi connectivity index (χ1) is 4.93. The van der Waals surface area contributed by atoms with Gasteiger partial charge in [-0.15, -0.1) is 0 Å². The lowest BCUT2D eigenvalue weighted by Gasteiger charge is -2.39. The minimum absolute atomic E-state index is 0.106. The third-order valence-electron chi connectivity index (χ3n) is 2.25. The van der Waals surface area contributed by atoms with Crippen molar-refractivity contribution in [3.63, 3.8) is 0 Å². The van der Waals surface area contributed by atoms with Crippen LogP contribution in [0.4, 0.5) is 0 Å². The Balaban J connectivity index is 2.69. The van der Waals surface area contributed by atoms with Gasteiger partial charge in [0.15, 0.2) is 0 Å². The Morgan fingerprint density at radius 3 is 1.64 bits per heavy atom. The van der Waals surface area contributed by atoms with Gasteiger partial charge in [-0.25, -0.2) is 0 Å². The molecule has 1 rings (SSSR count). The van der Waals surface area contributed by atoms with Gasteiger partial charge in [-0.3, -0.25) is 0 Å². The highest BCUT2D eigenvalue weighted by Crippen LogP contribution is 2.28. The molecule has 1 aliphatic heterocycles. The van der Waals surface area contributed by atoms with Crippen molar-refractivity contribution in [1.29, 1.82) is 0 Å². The Hall–Kier alpha value is 0.0899. The van der Waals surface area contributed by atoms with Gasteiger partial charge < -0.3 is 4.90 Å². The third kappa shape index (κ3) is 1.81. The normalized spacial score (nSPS) is 34.5. The van der Waals surface area contributed by atoms with Gasteiger partial charge in [-0.2, -0.15) is 0 Å². The van der Waals surface area contributed by atoms with E-state index in [2.05, 4.69) is 25.7 Å². The van der Waals surface area contributed by atoms with Crippen molar-refractivity contribution < 1.29 is 0 Å². The van der Waals surface area contributed by atoms with E-state index in [1.807, 2.05) is 0 Å². The van der Waals surface area contributed by atoms with E-state index < -0.39 is 0 Å². The highest BCUT2D eigenvalue weighted by atomic mass is 15.2. The monoisotopic (exact) mass is 147 g/mol. The number of nitrogens with zero attached hydrogens (tertiary/aromatic N) is 1. The molecule has 0 spiro atoms. The van der Waals surface area contributed by atoms with Gasteiger partial charge in [0.2, 0.25) is 0 Å². The number of hydrogen-bond acceptors (Lipinski definition) is 1. The van der Waals surface area contributed by atoms with Crippen LogP contribution in [0.25, 0.3) is 0 Å². The average molecular weight is 147 g/mol. The molecule has 11 heavy (non-hydrogen) atoms. The molecule has 1 heterocycles. The van der Waals surface area contributed by atoms with Gasteiger partial charge >= 0.3 is 0 Å². The van der Waals surface area contributed by atoms with E-state index in [0.717, 1.165) is 12.8 Å². The molecule has 2 atom stereocenters. The Morgan fingerprint density at radius 1 is 1.09 bits per heavy atom. The van der Waals surface area contributed by atoms with Crippen molar-refractivity contribution in [1.82, 2.24) is 4.90 Å². The molecular weight excluding hydrogens is 132 g/mol. The topological polar surface area (TPSA) is 3.24 Å². The third-order valence-corrected chi connectivity index (χ3v) is 2.25. The van der Waals surface area contributed by atoms with Crippen molar-refractivity contribution >= 4 is 15.7 Å². The molecule has 0 aromatic rings. The largest absolute Gasteiger partial charge is 0.310 e. The maximum Gasteiger partial charge on any atom is 0.0910 e. The van der Waals surface area contributed by atoms with Gasteiger partial charge in [0.05, 0.1) is 15.7 Å². The van der Waals surface area contributed by atoms with E-state index in [9.17, 15) is 0 Å². The molecule has 0 saturated carbocycles. The summed E-state index contributed by atoms with van der Waals surface area (Å²) < 4.78 is 0. The molecule has 0 aliphatic carbocycles. The summed E-state index contributed by atoms with van der Waals surface area (Å²) in [6.45, 7) is 6.45. The summed E-state index contributed by atoms with van der Waals surface area (Å²) in [6.07, 6.45) is 2.05. The fraction of sp³-hybridized carbons (Fsp3) is 1.00. The first kappa shape index (κ1) is 9.18. The Bertz CT molecular complexity index is 132. The Morgan fingerprint density at radius 2 is 1.45 bits per heavy atom. The van der Waals surface area contributed by atoms with Gasteiger partial charge in [0.25, 0.3) is 0 Å². The molecule has 0 amide bonds. The molecule has 58 valence electrons. The summed E-state index contributed by atoms with van der Waals surface area (Å²) >= 11 is 0. The first-order valence-electron chi connectivity index (χ1n) is 4.22. The van der Waals surface area contributed by atoms with E-state index in [1.165, 1.54) is 0 Å². The molecule has 0 aromatic carbocycles. The molecule has 1 nitrogen and oxygen atoms in total. The molecule has 0 bridgehead atoms. The molecule has 0 N–H and O–H groups in total. The van der Waals surface area contributed by atoms with E-state index in [0.29, 0.717) is 0 Å². The van der Waals surface area contributed by atoms with E-state index in [4.69, 9.17) is 15.7 Å². The van der Waals surface area contributed by atoms with Crippen molar-refractivity contribution in [2.75, 3.05) is 0 Å². The number of hydrogen-bond donors (Lipinski definition) is 0. The summed E-state index contributed by atoms with van der Waals surface area (Å²) in [7, 11) is 11.8. The van der Waals surface area contributed by atoms with Crippen molar-refractivity contribution in [2.45, 2.75) is 51.0 Å². The second kappa shape index (κ2) is 2.85. The minimum atomic E-state index is 0.106. The van der Waals surface area contributed by atoms with Crippen LogP contribution in [-0.4, -0.2) is 38.0 Å². The average Bonchev–Trinajstić information content (AvgIpc) is 2.08. The van der Waals surface area contributed by atoms with Gasteiger partial charge in [0.1, 0.15) is 0 Å². The fourth-order valence-electron chi connectivity index (χ4n) is 1.86. The van der Waals surface area contributed by atoms with Crippen molar-refractivity contribution in [3.8, 4) is 0 Å². The molecule has 3 heteroatoms. The van der Waals surface area contributed by atoms with Crippen LogP contribution in [0.1, 0.15) is 33.6 Å². The summed E-state index contributed by atoms with van der Waals surface area (Å²) in [4.78, 5) is 2.19. The Labute approximate surface area is 72.4 Å². The highest BCUT2D eigenvalue weighted by molar-refractivity contribution is 6.15. The lowest BCUT2D eigenvalue weighted by molar-refractivity contribution is 0.140. The predicted molar refractivity (Wildman–Crippen MR) is 49.9 cm³/mol. The van der Waals surface area contributed by atoms with Crippen LogP contribution in [0.2, 0.25) is 0 Å². The lowest BCUT2D eigenvalue weighted by atomic mass is 9.88. The zero-order valence-corrected chi connectivity index (χ0v) is 7.67. The molecule has 1 fully saturated rings. The van der Waals surface area contributed by atoms with E-state index in [-0.39, 0.29) is 17.4 Å². The SMILES string of the molecule is [B]C1CCC([B])N1C(C)(C)C. The zero-order valence-electron chi connectivity index (χ0n) is 7.67. The van der Waals surface area contributed by atoms with E-state index in [1.54, 1.807) is 0 Å². The highest BCUT2D eigenvalue weighted by Gasteiger charge is 2.33. The van der Waals surface area contributed by atoms with Crippen molar-refractivity contribution in [3.05, 3.63) is 0 Å². The molecule has 1 aliphatic rings. The van der Waals surface area contributed by atoms with Crippen LogP contribution in [0.15, 0.2) is 0 Å². The minimum Gasteiger partial charge on any atom is -0.310 e. The quantitative estimate of drug-likeness (QED) is 0.459. The summed E-state index contributed by atoms with van der Waals surface area (Å²) in [5.41, 5.74) is 0.106. The maximum absolute atomic E-state index is 5.90. The van der Waals surface area contributed by atoms with Crippen LogP contribution in [0, 0.1) is 0 Å². The molecule has 1 saturated heterocycles. The van der Waals surface area contributed by atoms with E-state index >= 15 is 0 Å². The predicted octanol–water partition coefficient (Wildman–Crippen LogP) is 0.870. The standard InChI is InChI=1S/C8H15B2N/c1-8(2,3)11-6(9)4-5-7(11)10/h6-7H,4-5H2,1-3H3. The zero-order chi connectivity index (χ0) is 8.65. The van der Waals surface area contributed by atoms with Gasteiger partial charge in [-0.1, -0.05) is 0 Å². The Kier molecular flexibility index (Phi) is 2.38. The van der Waals surface area contributed by atoms with Crippen LogP contribution < -0.4 is 0 Å². The second-order valence-electron chi connectivity index (χ2n) is 4.29. The summed E-state index contributed by atoms with van der Waals surface area (Å²) in [5, 5.41) is 0. The maximum atomic E-state index is 5.90. The summed E-state index contributed by atoms with van der Waals surface area (Å²) in [6, 6.07) is 0. The van der Waals surface area contributed by atoms with Gasteiger partial charge in [-0.05, 0) is 45.5 Å². The molecule has 4 radical (unpaired) electrons. The molecular formula is C8H15B2N. The second-order valence-corrected chi connectivity index (χ2v) is 4.29. The molecule has 0 aromatic heterocycles. The smallest absolute Gasteiger partial charge is 0.0910 e. The van der Waals surface area contributed by atoms with Crippen molar-refractivity contribution in [2.24, 2.45) is 0 Å². The molecule has 2 unspecified atom stereocenters. The van der Waals surface area contributed by atoms with Crippen LogP contribution >= 0.6 is 0 Å². The fourth-order valence-corrected chi connectivity index (χ4v) is 1.86. The van der Waals surface area contributed by atoms with Crippen LogP contribution in [0.5, 0.6) is 0 Å². The number of rotatable bonds is 0. The number of likely N-dealkylation sites (tertiary alicyclic amines) is 1. The first-order valence-corrected chi connectivity index (χ1v) is 4.22.